The lowest BCUT2D eigenvalue weighted by Crippen LogP contribution is -2.46. The highest BCUT2D eigenvalue weighted by atomic mass is 32.2. The molecule has 19 heavy (non-hydrogen) atoms. The van der Waals surface area contributed by atoms with Crippen molar-refractivity contribution >= 4 is 15.7 Å². The fourth-order valence-corrected chi connectivity index (χ4v) is 3.20. The van der Waals surface area contributed by atoms with E-state index in [0.717, 1.165) is 31.4 Å². The minimum Gasteiger partial charge on any atom is -0.378 e. The second kappa shape index (κ2) is 5.51. The highest BCUT2D eigenvalue weighted by molar-refractivity contribution is 7.88. The van der Waals surface area contributed by atoms with Crippen LogP contribution in [-0.4, -0.2) is 26.8 Å². The minimum atomic E-state index is -3.14. The second-order valence-electron chi connectivity index (χ2n) is 5.52. The molecule has 0 heterocycles. The van der Waals surface area contributed by atoms with Crippen molar-refractivity contribution in [1.82, 2.24) is 4.72 Å². The lowest BCUT2D eigenvalue weighted by molar-refractivity contribution is 0.469. The fraction of sp³-hybridized carbons (Fsp3) is 0.571. The molecule has 5 heteroatoms. The van der Waals surface area contributed by atoms with E-state index in [0.29, 0.717) is 6.54 Å². The van der Waals surface area contributed by atoms with Gasteiger partial charge in [-0.2, -0.15) is 0 Å². The van der Waals surface area contributed by atoms with Gasteiger partial charge in [-0.05, 0) is 31.4 Å². The summed E-state index contributed by atoms with van der Waals surface area (Å²) in [6.45, 7) is 2.52. The topological polar surface area (TPSA) is 58.2 Å². The lowest BCUT2D eigenvalue weighted by Gasteiger charge is -2.32. The van der Waals surface area contributed by atoms with E-state index in [2.05, 4.69) is 29.1 Å². The van der Waals surface area contributed by atoms with E-state index in [9.17, 15) is 8.42 Å². The predicted molar refractivity (Wildman–Crippen MR) is 78.8 cm³/mol. The first-order valence-corrected chi connectivity index (χ1v) is 8.58. The molecule has 1 aliphatic carbocycles. The van der Waals surface area contributed by atoms with Gasteiger partial charge >= 0.3 is 0 Å². The van der Waals surface area contributed by atoms with Crippen molar-refractivity contribution in [2.75, 3.05) is 18.1 Å². The summed E-state index contributed by atoms with van der Waals surface area (Å²) in [7, 11) is -3.14. The molecule has 1 fully saturated rings. The third kappa shape index (κ3) is 3.94. The SMILES string of the molecule is Cc1ccccc1NC1(CNS(C)(=O)=O)CCCC1. The largest absolute Gasteiger partial charge is 0.378 e. The van der Waals surface area contributed by atoms with E-state index < -0.39 is 10.0 Å². The van der Waals surface area contributed by atoms with Crippen molar-refractivity contribution in [3.63, 3.8) is 0 Å². The van der Waals surface area contributed by atoms with E-state index in [-0.39, 0.29) is 5.54 Å². The Morgan fingerprint density at radius 1 is 1.21 bits per heavy atom. The molecular weight excluding hydrogens is 260 g/mol. The molecule has 1 aliphatic rings. The summed E-state index contributed by atoms with van der Waals surface area (Å²) in [6, 6.07) is 8.13. The van der Waals surface area contributed by atoms with Gasteiger partial charge in [0.1, 0.15) is 0 Å². The van der Waals surface area contributed by atoms with Gasteiger partial charge in [-0.25, -0.2) is 13.1 Å². The zero-order chi connectivity index (χ0) is 13.9. The zero-order valence-electron chi connectivity index (χ0n) is 11.6. The van der Waals surface area contributed by atoms with Crippen LogP contribution in [0.15, 0.2) is 24.3 Å². The summed E-state index contributed by atoms with van der Waals surface area (Å²) in [5.74, 6) is 0. The van der Waals surface area contributed by atoms with E-state index in [4.69, 9.17) is 0 Å². The Bertz CT molecular complexity index is 534. The van der Waals surface area contributed by atoms with Crippen LogP contribution < -0.4 is 10.0 Å². The molecule has 0 bridgehead atoms. The Balaban J connectivity index is 2.14. The molecule has 4 nitrogen and oxygen atoms in total. The van der Waals surface area contributed by atoms with Crippen molar-refractivity contribution in [2.24, 2.45) is 0 Å². The van der Waals surface area contributed by atoms with Gasteiger partial charge in [-0.1, -0.05) is 31.0 Å². The Kier molecular flexibility index (Phi) is 4.16. The molecule has 1 saturated carbocycles. The molecule has 0 aromatic heterocycles. The highest BCUT2D eigenvalue weighted by Gasteiger charge is 2.34. The van der Waals surface area contributed by atoms with Crippen molar-refractivity contribution in [3.05, 3.63) is 29.8 Å². The van der Waals surface area contributed by atoms with Gasteiger partial charge in [-0.15, -0.1) is 0 Å². The summed E-state index contributed by atoms with van der Waals surface area (Å²) in [5, 5.41) is 3.57. The van der Waals surface area contributed by atoms with Crippen LogP contribution in [0.3, 0.4) is 0 Å². The number of aryl methyl sites for hydroxylation is 1. The van der Waals surface area contributed by atoms with Gasteiger partial charge in [0.25, 0.3) is 0 Å². The molecule has 0 radical (unpaired) electrons. The summed E-state index contributed by atoms with van der Waals surface area (Å²) < 4.78 is 25.3. The normalized spacial score (nSPS) is 18.4. The fourth-order valence-electron chi connectivity index (χ4n) is 2.67. The Hall–Kier alpha value is -1.07. The zero-order valence-corrected chi connectivity index (χ0v) is 12.4. The molecule has 1 aromatic rings. The molecule has 106 valence electrons. The number of rotatable bonds is 5. The summed E-state index contributed by atoms with van der Waals surface area (Å²) in [6.07, 6.45) is 5.51. The van der Waals surface area contributed by atoms with Crippen LogP contribution in [0.2, 0.25) is 0 Å². The molecule has 0 spiro atoms. The first-order chi connectivity index (χ1) is 8.90. The average Bonchev–Trinajstić information content (AvgIpc) is 2.78. The molecule has 0 unspecified atom stereocenters. The Morgan fingerprint density at radius 3 is 2.42 bits per heavy atom. The smallest absolute Gasteiger partial charge is 0.208 e. The van der Waals surface area contributed by atoms with Gasteiger partial charge in [0.15, 0.2) is 0 Å². The number of hydrogen-bond acceptors (Lipinski definition) is 3. The third-order valence-corrected chi connectivity index (χ3v) is 4.45. The maximum atomic E-state index is 11.3. The maximum absolute atomic E-state index is 11.3. The van der Waals surface area contributed by atoms with Crippen LogP contribution in [0, 0.1) is 6.92 Å². The highest BCUT2D eigenvalue weighted by Crippen LogP contribution is 2.33. The molecule has 2 N–H and O–H groups in total. The number of para-hydroxylation sites is 1. The third-order valence-electron chi connectivity index (χ3n) is 3.78. The van der Waals surface area contributed by atoms with E-state index in [1.807, 2.05) is 12.1 Å². The summed E-state index contributed by atoms with van der Waals surface area (Å²) in [5.41, 5.74) is 2.14. The minimum absolute atomic E-state index is 0.144. The van der Waals surface area contributed by atoms with Crippen molar-refractivity contribution in [1.29, 1.82) is 0 Å². The van der Waals surface area contributed by atoms with Crippen molar-refractivity contribution in [2.45, 2.75) is 38.1 Å². The molecular formula is C14H22N2O2S. The van der Waals surface area contributed by atoms with Gasteiger partial charge in [0.05, 0.1) is 11.8 Å². The number of anilines is 1. The molecule has 0 aliphatic heterocycles. The van der Waals surface area contributed by atoms with E-state index in [1.54, 1.807) is 0 Å². The number of nitrogens with one attached hydrogen (secondary N) is 2. The van der Waals surface area contributed by atoms with E-state index in [1.165, 1.54) is 11.8 Å². The number of benzene rings is 1. The Morgan fingerprint density at radius 2 is 1.84 bits per heavy atom. The molecule has 0 atom stereocenters. The van der Waals surface area contributed by atoms with Gasteiger partial charge in [-0.3, -0.25) is 0 Å². The van der Waals surface area contributed by atoms with Crippen LogP contribution in [0.4, 0.5) is 5.69 Å². The monoisotopic (exact) mass is 282 g/mol. The molecule has 0 amide bonds. The lowest BCUT2D eigenvalue weighted by atomic mass is 9.96. The summed E-state index contributed by atoms with van der Waals surface area (Å²) in [4.78, 5) is 0. The number of hydrogen-bond donors (Lipinski definition) is 2. The average molecular weight is 282 g/mol. The van der Waals surface area contributed by atoms with Crippen LogP contribution >= 0.6 is 0 Å². The second-order valence-corrected chi connectivity index (χ2v) is 7.35. The Labute approximate surface area is 115 Å². The van der Waals surface area contributed by atoms with Gasteiger partial charge in [0, 0.05) is 12.2 Å². The maximum Gasteiger partial charge on any atom is 0.208 e. The first kappa shape index (κ1) is 14.3. The first-order valence-electron chi connectivity index (χ1n) is 6.69. The standard InChI is InChI=1S/C14H22N2O2S/c1-12-7-3-4-8-13(12)16-14(9-5-6-10-14)11-15-19(2,17)18/h3-4,7-8,15-16H,5-6,9-11H2,1-2H3. The van der Waals surface area contributed by atoms with Crippen LogP contribution in [0.1, 0.15) is 31.2 Å². The van der Waals surface area contributed by atoms with E-state index >= 15 is 0 Å². The molecule has 0 saturated heterocycles. The van der Waals surface area contributed by atoms with Crippen molar-refractivity contribution < 1.29 is 8.42 Å². The predicted octanol–water partition coefficient (Wildman–Crippen LogP) is 2.27. The molecule has 1 aromatic carbocycles. The summed E-state index contributed by atoms with van der Waals surface area (Å²) >= 11 is 0. The van der Waals surface area contributed by atoms with Crippen LogP contribution in [0.25, 0.3) is 0 Å². The van der Waals surface area contributed by atoms with Crippen LogP contribution in [-0.2, 0) is 10.0 Å². The molecule has 2 rings (SSSR count). The van der Waals surface area contributed by atoms with Crippen molar-refractivity contribution in [3.8, 4) is 0 Å². The van der Waals surface area contributed by atoms with Gasteiger partial charge < -0.3 is 5.32 Å². The van der Waals surface area contributed by atoms with Gasteiger partial charge in [0.2, 0.25) is 10.0 Å². The quantitative estimate of drug-likeness (QED) is 0.871. The van der Waals surface area contributed by atoms with Crippen LogP contribution in [0.5, 0.6) is 0 Å². The number of sulfonamides is 1.